The van der Waals surface area contributed by atoms with E-state index >= 15 is 0 Å². The quantitative estimate of drug-likeness (QED) is 0.229. The fourth-order valence-electron chi connectivity index (χ4n) is 4.45. The van der Waals surface area contributed by atoms with Crippen LogP contribution < -0.4 is 0 Å². The maximum atomic E-state index is 4.17. The van der Waals surface area contributed by atoms with Gasteiger partial charge < -0.3 is 4.98 Å². The first-order valence-electron chi connectivity index (χ1n) is 9.86. The number of aliphatic imine (C=N–C) groups is 1. The van der Waals surface area contributed by atoms with E-state index in [0.717, 1.165) is 22.3 Å². The molecule has 6 aromatic rings. The van der Waals surface area contributed by atoms with Crippen molar-refractivity contribution >= 4 is 76.5 Å². The summed E-state index contributed by atoms with van der Waals surface area (Å²) in [5, 5.41) is 7.65. The molecule has 142 valence electrons. The number of nitrogens with one attached hydrogen (secondary N) is 1. The highest BCUT2D eigenvalue weighted by atomic mass is 32.1. The van der Waals surface area contributed by atoms with Gasteiger partial charge in [-0.25, -0.2) is 0 Å². The summed E-state index contributed by atoms with van der Waals surface area (Å²) in [5.74, 6) is 0. The van der Waals surface area contributed by atoms with Crippen LogP contribution in [0.1, 0.15) is 5.56 Å². The predicted octanol–water partition coefficient (Wildman–Crippen LogP) is 8.07. The molecule has 2 heterocycles. The van der Waals surface area contributed by atoms with Gasteiger partial charge in [-0.2, -0.15) is 0 Å². The molecule has 2 aromatic heterocycles. The van der Waals surface area contributed by atoms with Gasteiger partial charge in [-0.05, 0) is 60.0 Å². The van der Waals surface area contributed by atoms with Crippen LogP contribution in [0, 0.1) is 0 Å². The molecule has 6 rings (SSSR count). The zero-order chi connectivity index (χ0) is 20.2. The molecule has 2 nitrogen and oxygen atoms in total. The number of allylic oxidation sites excluding steroid dienone is 2. The summed E-state index contributed by atoms with van der Waals surface area (Å²) in [5.41, 5.74) is 4.14. The Bertz CT molecular complexity index is 1680. The number of hydrogen-bond acceptors (Lipinski definition) is 2. The summed E-state index contributed by atoms with van der Waals surface area (Å²) in [4.78, 5) is 7.75. The summed E-state index contributed by atoms with van der Waals surface area (Å²) in [6, 6.07) is 24.1. The van der Waals surface area contributed by atoms with Crippen LogP contribution >= 0.6 is 11.3 Å². The molecule has 0 atom stereocenters. The monoisotopic (exact) mass is 402 g/mol. The lowest BCUT2D eigenvalue weighted by atomic mass is 10.0. The predicted molar refractivity (Wildman–Crippen MR) is 134 cm³/mol. The summed E-state index contributed by atoms with van der Waals surface area (Å²) in [6.45, 7) is 7.50. The molecule has 30 heavy (non-hydrogen) atoms. The average Bonchev–Trinajstić information content (AvgIpc) is 3.33. The normalized spacial score (nSPS) is 12.5. The van der Waals surface area contributed by atoms with Gasteiger partial charge in [0.05, 0.1) is 5.70 Å². The molecular formula is C27H18N2S. The third-order valence-electron chi connectivity index (χ3n) is 5.82. The second-order valence-corrected chi connectivity index (χ2v) is 8.57. The van der Waals surface area contributed by atoms with Gasteiger partial charge in [-0.15, -0.1) is 11.3 Å². The van der Waals surface area contributed by atoms with E-state index in [1.54, 1.807) is 6.08 Å². The zero-order valence-corrected chi connectivity index (χ0v) is 17.1. The minimum absolute atomic E-state index is 0.827. The Morgan fingerprint density at radius 3 is 2.57 bits per heavy atom. The number of nitrogens with zero attached hydrogens (tertiary/aromatic N) is 1. The summed E-state index contributed by atoms with van der Waals surface area (Å²) >= 11 is 1.86. The molecule has 0 spiro atoms. The van der Waals surface area contributed by atoms with Gasteiger partial charge in [0.2, 0.25) is 0 Å². The molecule has 3 heteroatoms. The molecule has 0 aliphatic carbocycles. The number of fused-ring (bicyclic) bond motifs is 8. The topological polar surface area (TPSA) is 28.1 Å². The molecule has 0 aliphatic heterocycles. The number of benzene rings is 4. The maximum Gasteiger partial charge on any atom is 0.0694 e. The lowest BCUT2D eigenvalue weighted by Gasteiger charge is -2.03. The average molecular weight is 403 g/mol. The van der Waals surface area contributed by atoms with Crippen molar-refractivity contribution in [3.8, 4) is 0 Å². The number of aromatic amines is 1. The highest BCUT2D eigenvalue weighted by Crippen LogP contribution is 2.40. The van der Waals surface area contributed by atoms with E-state index in [1.807, 2.05) is 17.4 Å². The summed E-state index contributed by atoms with van der Waals surface area (Å²) in [7, 11) is 0. The molecule has 0 bridgehead atoms. The largest absolute Gasteiger partial charge is 0.354 e. The Kier molecular flexibility index (Phi) is 3.67. The van der Waals surface area contributed by atoms with E-state index < -0.39 is 0 Å². The fourth-order valence-corrected chi connectivity index (χ4v) is 5.58. The highest BCUT2D eigenvalue weighted by molar-refractivity contribution is 7.26. The van der Waals surface area contributed by atoms with Crippen molar-refractivity contribution in [2.75, 3.05) is 0 Å². The molecule has 1 N–H and O–H groups in total. The van der Waals surface area contributed by atoms with Crippen molar-refractivity contribution < 1.29 is 0 Å². The highest BCUT2D eigenvalue weighted by Gasteiger charge is 2.12. The van der Waals surface area contributed by atoms with Crippen LogP contribution in [-0.2, 0) is 0 Å². The third kappa shape index (κ3) is 2.39. The molecule has 0 aliphatic rings. The minimum atomic E-state index is 0.827. The van der Waals surface area contributed by atoms with E-state index in [4.69, 9.17) is 0 Å². The summed E-state index contributed by atoms with van der Waals surface area (Å²) in [6.07, 6.45) is 3.63. The zero-order valence-electron chi connectivity index (χ0n) is 16.3. The van der Waals surface area contributed by atoms with Crippen LogP contribution in [0.5, 0.6) is 0 Å². The molecule has 0 unspecified atom stereocenters. The van der Waals surface area contributed by atoms with Crippen molar-refractivity contribution in [1.82, 2.24) is 4.98 Å². The Balaban J connectivity index is 1.73. The number of aromatic nitrogens is 1. The van der Waals surface area contributed by atoms with E-state index in [1.165, 1.54) is 41.7 Å². The van der Waals surface area contributed by atoms with E-state index in [0.29, 0.717) is 0 Å². The lowest BCUT2D eigenvalue weighted by molar-refractivity contribution is 1.52. The standard InChI is InChI=1S/C27H18N2S/c1-3-6-22(28-2)17-9-11-23-20(13-17)21-15-19-16(14-24(21)29-23)10-12-26-27(19)18-7-4-5-8-25(18)30-26/h3-15,29H,1-2H2/b22-6-. The van der Waals surface area contributed by atoms with Gasteiger partial charge in [0.25, 0.3) is 0 Å². The second-order valence-electron chi connectivity index (χ2n) is 7.49. The van der Waals surface area contributed by atoms with Crippen molar-refractivity contribution in [2.45, 2.75) is 0 Å². The Morgan fingerprint density at radius 2 is 1.70 bits per heavy atom. The first-order valence-corrected chi connectivity index (χ1v) is 10.7. The minimum Gasteiger partial charge on any atom is -0.354 e. The van der Waals surface area contributed by atoms with E-state index in [9.17, 15) is 0 Å². The number of rotatable bonds is 3. The molecule has 0 radical (unpaired) electrons. The van der Waals surface area contributed by atoms with Crippen molar-refractivity contribution in [3.05, 3.63) is 91.0 Å². The third-order valence-corrected chi connectivity index (χ3v) is 6.95. The lowest BCUT2D eigenvalue weighted by Crippen LogP contribution is -1.80. The fraction of sp³-hybridized carbons (Fsp3) is 0. The SMILES string of the molecule is C=C/C=C(\N=C)c1ccc2[nH]c3cc4ccc5sc6ccccc6c5c4cc3c2c1. The Labute approximate surface area is 177 Å². The molecular weight excluding hydrogens is 384 g/mol. The molecule has 4 aromatic carbocycles. The first kappa shape index (κ1) is 17.2. The van der Waals surface area contributed by atoms with Crippen molar-refractivity contribution in [3.63, 3.8) is 0 Å². The number of hydrogen-bond donors (Lipinski definition) is 1. The molecule has 0 saturated carbocycles. The molecule has 0 fully saturated rings. The van der Waals surface area contributed by atoms with Crippen LogP contribution in [-0.4, -0.2) is 11.7 Å². The maximum absolute atomic E-state index is 4.17. The van der Waals surface area contributed by atoms with Crippen LogP contribution in [0.25, 0.3) is 58.4 Å². The second kappa shape index (κ2) is 6.41. The van der Waals surface area contributed by atoms with E-state index in [-0.39, 0.29) is 0 Å². The van der Waals surface area contributed by atoms with Crippen LogP contribution in [0.2, 0.25) is 0 Å². The van der Waals surface area contributed by atoms with Gasteiger partial charge in [0, 0.05) is 47.5 Å². The molecule has 0 amide bonds. The van der Waals surface area contributed by atoms with Crippen LogP contribution in [0.15, 0.2) is 90.5 Å². The number of H-pyrrole nitrogens is 1. The van der Waals surface area contributed by atoms with Crippen LogP contribution in [0.4, 0.5) is 0 Å². The van der Waals surface area contributed by atoms with Crippen molar-refractivity contribution in [2.24, 2.45) is 4.99 Å². The van der Waals surface area contributed by atoms with Crippen molar-refractivity contribution in [1.29, 1.82) is 0 Å². The number of thiophene rings is 1. The first-order chi connectivity index (χ1) is 14.8. The Morgan fingerprint density at radius 1 is 0.833 bits per heavy atom. The van der Waals surface area contributed by atoms with Crippen LogP contribution in [0.3, 0.4) is 0 Å². The Hall–Kier alpha value is -3.69. The summed E-state index contributed by atoms with van der Waals surface area (Å²) < 4.78 is 2.66. The van der Waals surface area contributed by atoms with Gasteiger partial charge in [-0.1, -0.05) is 43.0 Å². The van der Waals surface area contributed by atoms with Gasteiger partial charge >= 0.3 is 0 Å². The molecule has 0 saturated heterocycles. The van der Waals surface area contributed by atoms with E-state index in [2.05, 4.69) is 90.0 Å². The van der Waals surface area contributed by atoms with Gasteiger partial charge in [0.1, 0.15) is 0 Å². The van der Waals surface area contributed by atoms with Gasteiger partial charge in [-0.3, -0.25) is 4.99 Å². The van der Waals surface area contributed by atoms with Gasteiger partial charge in [0.15, 0.2) is 0 Å². The smallest absolute Gasteiger partial charge is 0.0694 e.